The lowest BCUT2D eigenvalue weighted by atomic mass is 9.95. The van der Waals surface area contributed by atoms with Crippen molar-refractivity contribution >= 4 is 28.3 Å². The van der Waals surface area contributed by atoms with Crippen LogP contribution in [0, 0.1) is 0 Å². The van der Waals surface area contributed by atoms with Gasteiger partial charge in [-0.15, -0.1) is 0 Å². The van der Waals surface area contributed by atoms with Crippen molar-refractivity contribution in [2.24, 2.45) is 0 Å². The van der Waals surface area contributed by atoms with Crippen LogP contribution >= 0.6 is 24.0 Å². The summed E-state index contributed by atoms with van der Waals surface area (Å²) < 4.78 is 6.44. The van der Waals surface area contributed by atoms with Gasteiger partial charge in [0.05, 0.1) is 25.4 Å². The number of thiocarbonyl (C=S) groups is 1. The highest BCUT2D eigenvalue weighted by atomic mass is 32.2. The van der Waals surface area contributed by atoms with Gasteiger partial charge in [-0.05, 0) is 25.0 Å². The molecule has 1 aromatic heterocycles. The number of furan rings is 1. The summed E-state index contributed by atoms with van der Waals surface area (Å²) in [5, 5.41) is 0. The van der Waals surface area contributed by atoms with Crippen LogP contribution in [-0.2, 0) is 6.54 Å². The highest BCUT2D eigenvalue weighted by Crippen LogP contribution is 2.28. The Balaban J connectivity index is 1.61. The van der Waals surface area contributed by atoms with Crippen molar-refractivity contribution in [1.82, 2.24) is 9.80 Å². The van der Waals surface area contributed by atoms with Crippen LogP contribution in [0.15, 0.2) is 22.8 Å². The molecule has 0 bridgehead atoms. The van der Waals surface area contributed by atoms with E-state index in [0.29, 0.717) is 0 Å². The molecule has 1 aliphatic carbocycles. The van der Waals surface area contributed by atoms with Gasteiger partial charge in [0.25, 0.3) is 0 Å². The maximum Gasteiger partial charge on any atom is 0.139 e. The summed E-state index contributed by atoms with van der Waals surface area (Å²) in [5.74, 6) is 2.05. The van der Waals surface area contributed by atoms with Gasteiger partial charge in [0.1, 0.15) is 10.1 Å². The molecule has 1 saturated carbocycles. The Hall–Kier alpha value is -0.520. The fraction of sp³-hybridized carbons (Fsp3) is 0.643. The van der Waals surface area contributed by atoms with Gasteiger partial charge in [-0.3, -0.25) is 4.90 Å². The van der Waals surface area contributed by atoms with E-state index in [2.05, 4.69) is 9.80 Å². The van der Waals surface area contributed by atoms with E-state index < -0.39 is 0 Å². The predicted molar refractivity (Wildman–Crippen MR) is 82.9 cm³/mol. The van der Waals surface area contributed by atoms with Gasteiger partial charge in [0, 0.05) is 6.04 Å². The van der Waals surface area contributed by atoms with E-state index >= 15 is 0 Å². The third-order valence-corrected chi connectivity index (χ3v) is 5.56. The van der Waals surface area contributed by atoms with Crippen molar-refractivity contribution in [3.8, 4) is 0 Å². The van der Waals surface area contributed by atoms with Crippen LogP contribution in [0.2, 0.25) is 0 Å². The average molecular weight is 296 g/mol. The van der Waals surface area contributed by atoms with Crippen LogP contribution in [0.3, 0.4) is 0 Å². The van der Waals surface area contributed by atoms with Crippen LogP contribution in [0.25, 0.3) is 0 Å². The summed E-state index contributed by atoms with van der Waals surface area (Å²) in [6.45, 7) is 1.75. The van der Waals surface area contributed by atoms with E-state index in [1.54, 1.807) is 18.0 Å². The molecule has 2 fully saturated rings. The molecule has 0 unspecified atom stereocenters. The van der Waals surface area contributed by atoms with E-state index in [1.807, 2.05) is 12.1 Å². The molecule has 19 heavy (non-hydrogen) atoms. The lowest BCUT2D eigenvalue weighted by molar-refractivity contribution is 0.122. The molecule has 2 heterocycles. The topological polar surface area (TPSA) is 19.6 Å². The van der Waals surface area contributed by atoms with Crippen LogP contribution in [-0.4, -0.2) is 32.7 Å². The molecule has 0 N–H and O–H groups in total. The molecular formula is C14H20N2OS2. The van der Waals surface area contributed by atoms with Crippen LogP contribution in [0.4, 0.5) is 0 Å². The number of nitrogens with zero attached hydrogens (tertiary/aromatic N) is 2. The minimum absolute atomic E-state index is 0.753. The summed E-state index contributed by atoms with van der Waals surface area (Å²) in [6, 6.07) is 4.71. The minimum atomic E-state index is 0.753. The molecule has 1 aliphatic heterocycles. The molecule has 0 atom stereocenters. The van der Waals surface area contributed by atoms with E-state index in [4.69, 9.17) is 16.6 Å². The Morgan fingerprint density at radius 2 is 2.16 bits per heavy atom. The van der Waals surface area contributed by atoms with E-state index in [0.717, 1.165) is 35.2 Å². The van der Waals surface area contributed by atoms with Gasteiger partial charge in [-0.2, -0.15) is 0 Å². The molecule has 2 aliphatic rings. The van der Waals surface area contributed by atoms with E-state index in [-0.39, 0.29) is 0 Å². The zero-order valence-electron chi connectivity index (χ0n) is 11.1. The molecule has 0 spiro atoms. The zero-order chi connectivity index (χ0) is 13.1. The number of hydrogen-bond donors (Lipinski definition) is 0. The quantitative estimate of drug-likeness (QED) is 0.791. The first kappa shape index (κ1) is 13.5. The molecule has 3 nitrogen and oxygen atoms in total. The number of hydrogen-bond acceptors (Lipinski definition) is 4. The third-order valence-electron chi connectivity index (χ3n) is 3.98. The van der Waals surface area contributed by atoms with E-state index in [1.165, 1.54) is 32.1 Å². The molecule has 0 amide bonds. The normalized spacial score (nSPS) is 22.9. The van der Waals surface area contributed by atoms with Gasteiger partial charge >= 0.3 is 0 Å². The fourth-order valence-electron chi connectivity index (χ4n) is 2.92. The minimum Gasteiger partial charge on any atom is -0.467 e. The second-order valence-corrected chi connectivity index (χ2v) is 6.92. The molecule has 1 saturated heterocycles. The average Bonchev–Trinajstić information content (AvgIpc) is 2.95. The van der Waals surface area contributed by atoms with Crippen molar-refractivity contribution in [1.29, 1.82) is 0 Å². The molecule has 1 aromatic rings. The molecular weight excluding hydrogens is 276 g/mol. The maximum atomic E-state index is 5.48. The zero-order valence-corrected chi connectivity index (χ0v) is 12.7. The molecule has 0 aromatic carbocycles. The van der Waals surface area contributed by atoms with Gasteiger partial charge < -0.3 is 9.32 Å². The van der Waals surface area contributed by atoms with Crippen molar-refractivity contribution < 1.29 is 4.42 Å². The Kier molecular flexibility index (Phi) is 4.45. The summed E-state index contributed by atoms with van der Waals surface area (Å²) >= 11 is 7.27. The van der Waals surface area contributed by atoms with Crippen LogP contribution in [0.1, 0.15) is 37.9 Å². The Morgan fingerprint density at radius 3 is 2.89 bits per heavy atom. The first-order chi connectivity index (χ1) is 9.33. The molecule has 3 rings (SSSR count). The van der Waals surface area contributed by atoms with Crippen molar-refractivity contribution in [2.75, 3.05) is 12.5 Å². The largest absolute Gasteiger partial charge is 0.467 e. The van der Waals surface area contributed by atoms with Gasteiger partial charge in [0.2, 0.25) is 0 Å². The highest BCUT2D eigenvalue weighted by Gasteiger charge is 2.28. The molecule has 5 heteroatoms. The Bertz CT molecular complexity index is 415. The van der Waals surface area contributed by atoms with Crippen LogP contribution in [0.5, 0.6) is 0 Å². The van der Waals surface area contributed by atoms with Crippen LogP contribution < -0.4 is 0 Å². The lowest BCUT2D eigenvalue weighted by Crippen LogP contribution is -2.49. The lowest BCUT2D eigenvalue weighted by Gasteiger charge is -2.41. The van der Waals surface area contributed by atoms with Crippen molar-refractivity contribution in [3.05, 3.63) is 24.2 Å². The predicted octanol–water partition coefficient (Wildman–Crippen LogP) is 3.66. The molecule has 104 valence electrons. The Morgan fingerprint density at radius 1 is 1.32 bits per heavy atom. The summed E-state index contributed by atoms with van der Waals surface area (Å²) in [7, 11) is 0. The van der Waals surface area contributed by atoms with Crippen molar-refractivity contribution in [3.63, 3.8) is 0 Å². The molecule has 0 radical (unpaired) electrons. The second-order valence-electron chi connectivity index (χ2n) is 5.34. The van der Waals surface area contributed by atoms with Gasteiger partial charge in [-0.25, -0.2) is 0 Å². The fourth-order valence-corrected chi connectivity index (χ4v) is 4.07. The summed E-state index contributed by atoms with van der Waals surface area (Å²) in [5.41, 5.74) is 0. The number of rotatable bonds is 3. The Labute approximate surface area is 124 Å². The first-order valence-corrected chi connectivity index (χ1v) is 8.40. The monoisotopic (exact) mass is 296 g/mol. The standard InChI is InChI=1S/C14H20N2OS2/c18-14-15(9-13-7-4-8-17-13)10-16(11-19-14)12-5-2-1-3-6-12/h4,7-8,12H,1-3,5-6,9-11H2. The maximum absolute atomic E-state index is 5.48. The summed E-state index contributed by atoms with van der Waals surface area (Å²) in [4.78, 5) is 4.85. The van der Waals surface area contributed by atoms with E-state index in [9.17, 15) is 0 Å². The van der Waals surface area contributed by atoms with Gasteiger partial charge in [0.15, 0.2) is 0 Å². The van der Waals surface area contributed by atoms with Gasteiger partial charge in [-0.1, -0.05) is 43.2 Å². The number of thioether (sulfide) groups is 1. The second kappa shape index (κ2) is 6.29. The highest BCUT2D eigenvalue weighted by molar-refractivity contribution is 8.22. The smallest absolute Gasteiger partial charge is 0.139 e. The first-order valence-electron chi connectivity index (χ1n) is 7.01. The SMILES string of the molecule is S=C1SCN(C2CCCCC2)CN1Cc1ccco1. The van der Waals surface area contributed by atoms with Crippen molar-refractivity contribution in [2.45, 2.75) is 44.7 Å². The summed E-state index contributed by atoms with van der Waals surface area (Å²) in [6.07, 6.45) is 8.60. The third kappa shape index (κ3) is 3.33.